The van der Waals surface area contributed by atoms with E-state index in [-0.39, 0.29) is 0 Å². The highest BCUT2D eigenvalue weighted by Crippen LogP contribution is 2.24. The molecule has 19 heavy (non-hydrogen) atoms. The third-order valence-electron chi connectivity index (χ3n) is 3.61. The molecule has 2 aromatic heterocycles. The van der Waals surface area contributed by atoms with Gasteiger partial charge in [-0.2, -0.15) is 5.10 Å². The molecule has 1 aromatic carbocycles. The third-order valence-corrected chi connectivity index (χ3v) is 4.11. The van der Waals surface area contributed by atoms with Crippen LogP contribution >= 0.6 is 11.6 Å². The number of hydrogen-bond donors (Lipinski definition) is 0. The highest BCUT2D eigenvalue weighted by atomic mass is 35.5. The lowest BCUT2D eigenvalue weighted by Crippen LogP contribution is -2.05. The SMILES string of the molecule is Cc1nn(C)c(Cn2ccc3c(C)cccc32)c1Cl. The summed E-state index contributed by atoms with van der Waals surface area (Å²) < 4.78 is 4.07. The van der Waals surface area contributed by atoms with Gasteiger partial charge in [-0.15, -0.1) is 0 Å². The second-order valence-corrected chi connectivity index (χ2v) is 5.30. The number of fused-ring (bicyclic) bond motifs is 1. The van der Waals surface area contributed by atoms with Crippen LogP contribution in [0.2, 0.25) is 5.02 Å². The van der Waals surface area contributed by atoms with E-state index in [1.165, 1.54) is 16.5 Å². The van der Waals surface area contributed by atoms with E-state index in [9.17, 15) is 0 Å². The maximum atomic E-state index is 6.32. The van der Waals surface area contributed by atoms with E-state index in [1.54, 1.807) is 0 Å². The Kier molecular flexibility index (Phi) is 2.86. The molecular formula is C15H16ClN3. The smallest absolute Gasteiger partial charge is 0.0865 e. The molecule has 0 aliphatic heterocycles. The molecule has 0 unspecified atom stereocenters. The summed E-state index contributed by atoms with van der Waals surface area (Å²) in [5, 5.41) is 6.41. The van der Waals surface area contributed by atoms with Crippen LogP contribution in [0.15, 0.2) is 30.5 Å². The molecule has 0 spiro atoms. The number of benzene rings is 1. The third kappa shape index (κ3) is 1.94. The van der Waals surface area contributed by atoms with Gasteiger partial charge >= 0.3 is 0 Å². The van der Waals surface area contributed by atoms with Gasteiger partial charge in [-0.3, -0.25) is 4.68 Å². The van der Waals surface area contributed by atoms with Crippen molar-refractivity contribution in [2.45, 2.75) is 20.4 Å². The van der Waals surface area contributed by atoms with Crippen LogP contribution < -0.4 is 0 Å². The Hall–Kier alpha value is -1.74. The summed E-state index contributed by atoms with van der Waals surface area (Å²) in [7, 11) is 1.94. The maximum absolute atomic E-state index is 6.32. The summed E-state index contributed by atoms with van der Waals surface area (Å²) in [6.07, 6.45) is 2.11. The molecule has 2 heterocycles. The van der Waals surface area contributed by atoms with Crippen LogP contribution in [0.3, 0.4) is 0 Å². The molecular weight excluding hydrogens is 258 g/mol. The molecule has 3 nitrogen and oxygen atoms in total. The number of rotatable bonds is 2. The van der Waals surface area contributed by atoms with Gasteiger partial charge in [0.15, 0.2) is 0 Å². The maximum Gasteiger partial charge on any atom is 0.0865 e. The quantitative estimate of drug-likeness (QED) is 0.698. The first-order valence-corrected chi connectivity index (χ1v) is 6.68. The standard InChI is InChI=1S/C15H16ClN3/c1-10-5-4-6-13-12(10)7-8-19(13)9-14-15(16)11(2)17-18(14)3/h4-8H,9H2,1-3H3. The summed E-state index contributed by atoms with van der Waals surface area (Å²) in [6.45, 7) is 4.81. The van der Waals surface area contributed by atoms with E-state index < -0.39 is 0 Å². The van der Waals surface area contributed by atoms with E-state index in [0.29, 0.717) is 0 Å². The van der Waals surface area contributed by atoms with Crippen LogP contribution in [0.25, 0.3) is 10.9 Å². The summed E-state index contributed by atoms with van der Waals surface area (Å²) in [6, 6.07) is 8.51. The van der Waals surface area contributed by atoms with Crippen molar-refractivity contribution in [1.82, 2.24) is 14.3 Å². The van der Waals surface area contributed by atoms with Crippen LogP contribution in [0.4, 0.5) is 0 Å². The van der Waals surface area contributed by atoms with Crippen LogP contribution in [0, 0.1) is 13.8 Å². The highest BCUT2D eigenvalue weighted by molar-refractivity contribution is 6.31. The topological polar surface area (TPSA) is 22.8 Å². The van der Waals surface area contributed by atoms with E-state index in [1.807, 2.05) is 18.7 Å². The molecule has 0 saturated carbocycles. The van der Waals surface area contributed by atoms with Crippen LogP contribution in [-0.4, -0.2) is 14.3 Å². The van der Waals surface area contributed by atoms with E-state index in [4.69, 9.17) is 11.6 Å². The van der Waals surface area contributed by atoms with Crippen molar-refractivity contribution in [2.75, 3.05) is 0 Å². The van der Waals surface area contributed by atoms with E-state index >= 15 is 0 Å². The van der Waals surface area contributed by atoms with Gasteiger partial charge in [-0.1, -0.05) is 23.7 Å². The fourth-order valence-electron chi connectivity index (χ4n) is 2.53. The Bertz CT molecular complexity index is 752. The van der Waals surface area contributed by atoms with Gasteiger partial charge in [-0.25, -0.2) is 0 Å². The molecule has 0 fully saturated rings. The number of aryl methyl sites for hydroxylation is 3. The minimum atomic E-state index is 0.739. The molecule has 0 aliphatic carbocycles. The van der Waals surface area contributed by atoms with Crippen LogP contribution in [0.5, 0.6) is 0 Å². The molecule has 0 radical (unpaired) electrons. The average molecular weight is 274 g/mol. The van der Waals surface area contributed by atoms with Gasteiger partial charge in [0.05, 0.1) is 23.0 Å². The molecule has 0 saturated heterocycles. The van der Waals surface area contributed by atoms with Crippen LogP contribution in [0.1, 0.15) is 17.0 Å². The van der Waals surface area contributed by atoms with Crippen molar-refractivity contribution in [3.8, 4) is 0 Å². The Balaban J connectivity index is 2.09. The fraction of sp³-hybridized carbons (Fsp3) is 0.267. The minimum Gasteiger partial charge on any atom is -0.341 e. The summed E-state index contributed by atoms with van der Waals surface area (Å²) in [5.74, 6) is 0. The van der Waals surface area contributed by atoms with Gasteiger partial charge < -0.3 is 4.57 Å². The largest absolute Gasteiger partial charge is 0.341 e. The summed E-state index contributed by atoms with van der Waals surface area (Å²) >= 11 is 6.32. The first-order valence-electron chi connectivity index (χ1n) is 6.30. The number of nitrogens with zero attached hydrogens (tertiary/aromatic N) is 3. The zero-order valence-electron chi connectivity index (χ0n) is 11.3. The van der Waals surface area contributed by atoms with E-state index in [0.717, 1.165) is 23.0 Å². The number of halogens is 1. The van der Waals surface area contributed by atoms with Gasteiger partial charge in [-0.05, 0) is 31.5 Å². The lowest BCUT2D eigenvalue weighted by molar-refractivity contribution is 0.673. The first-order chi connectivity index (χ1) is 9.08. The lowest BCUT2D eigenvalue weighted by Gasteiger charge is -2.07. The van der Waals surface area contributed by atoms with Crippen molar-refractivity contribution in [1.29, 1.82) is 0 Å². The van der Waals surface area contributed by atoms with Crippen LogP contribution in [-0.2, 0) is 13.6 Å². The normalized spacial score (nSPS) is 11.4. The molecule has 98 valence electrons. The molecule has 0 aliphatic rings. The fourth-order valence-corrected chi connectivity index (χ4v) is 2.75. The molecule has 0 bridgehead atoms. The van der Waals surface area contributed by atoms with Crippen molar-refractivity contribution in [3.63, 3.8) is 0 Å². The molecule has 3 aromatic rings. The predicted molar refractivity (Wildman–Crippen MR) is 78.7 cm³/mol. The number of aromatic nitrogens is 3. The van der Waals surface area contributed by atoms with Gasteiger partial charge in [0.1, 0.15) is 0 Å². The second-order valence-electron chi connectivity index (χ2n) is 4.92. The van der Waals surface area contributed by atoms with Crippen molar-refractivity contribution >= 4 is 22.5 Å². The second kappa shape index (κ2) is 4.42. The van der Waals surface area contributed by atoms with Crippen molar-refractivity contribution < 1.29 is 0 Å². The van der Waals surface area contributed by atoms with E-state index in [2.05, 4.69) is 47.1 Å². The van der Waals surface area contributed by atoms with Crippen molar-refractivity contribution in [2.24, 2.45) is 7.05 Å². The Morgan fingerprint density at radius 1 is 1.21 bits per heavy atom. The lowest BCUT2D eigenvalue weighted by atomic mass is 10.1. The molecule has 0 N–H and O–H groups in total. The average Bonchev–Trinajstić information content (AvgIpc) is 2.88. The zero-order valence-corrected chi connectivity index (χ0v) is 12.1. The summed E-state index contributed by atoms with van der Waals surface area (Å²) in [4.78, 5) is 0. The Labute approximate surface area is 117 Å². The minimum absolute atomic E-state index is 0.739. The highest BCUT2D eigenvalue weighted by Gasteiger charge is 2.12. The summed E-state index contributed by atoms with van der Waals surface area (Å²) in [5.41, 5.74) is 4.45. The van der Waals surface area contributed by atoms with Gasteiger partial charge in [0.2, 0.25) is 0 Å². The molecule has 0 atom stereocenters. The first kappa shape index (κ1) is 12.3. The van der Waals surface area contributed by atoms with Crippen molar-refractivity contribution in [3.05, 3.63) is 52.4 Å². The monoisotopic (exact) mass is 273 g/mol. The molecule has 4 heteroatoms. The molecule has 3 rings (SSSR count). The predicted octanol–water partition coefficient (Wildman–Crippen LogP) is 3.69. The number of hydrogen-bond acceptors (Lipinski definition) is 1. The Morgan fingerprint density at radius 2 is 2.00 bits per heavy atom. The van der Waals surface area contributed by atoms with Gasteiger partial charge in [0, 0.05) is 24.1 Å². The molecule has 0 amide bonds. The van der Waals surface area contributed by atoms with Gasteiger partial charge in [0.25, 0.3) is 0 Å². The Morgan fingerprint density at radius 3 is 2.68 bits per heavy atom. The zero-order chi connectivity index (χ0) is 13.6.